The molecule has 1 N–H and O–H groups in total. The number of nitrogens with zero attached hydrogens (tertiary/aromatic N) is 1. The fourth-order valence-electron chi connectivity index (χ4n) is 2.64. The molecule has 2 rings (SSSR count). The second-order valence-electron chi connectivity index (χ2n) is 5.53. The Morgan fingerprint density at radius 3 is 2.68 bits per heavy atom. The molecule has 0 aromatic heterocycles. The Kier molecular flexibility index (Phi) is 4.53. The summed E-state index contributed by atoms with van der Waals surface area (Å²) in [5.41, 5.74) is 0.671. The molecule has 1 heterocycles. The van der Waals surface area contributed by atoms with Crippen LogP contribution in [0, 0.1) is 5.41 Å². The van der Waals surface area contributed by atoms with E-state index in [-0.39, 0.29) is 0 Å². The van der Waals surface area contributed by atoms with Crippen LogP contribution in [0.15, 0.2) is 29.2 Å². The van der Waals surface area contributed by atoms with Crippen LogP contribution in [0.2, 0.25) is 0 Å². The van der Waals surface area contributed by atoms with Crippen molar-refractivity contribution in [2.45, 2.75) is 31.2 Å². The van der Waals surface area contributed by atoms with Crippen molar-refractivity contribution in [2.24, 2.45) is 5.41 Å². The fourth-order valence-corrected chi connectivity index (χ4v) is 3.05. The highest BCUT2D eigenvalue weighted by molar-refractivity contribution is 7.98. The number of rotatable bonds is 4. The van der Waals surface area contributed by atoms with Gasteiger partial charge < -0.3 is 5.11 Å². The van der Waals surface area contributed by atoms with Gasteiger partial charge in [-0.1, -0.05) is 12.1 Å². The lowest BCUT2D eigenvalue weighted by Crippen LogP contribution is -2.45. The molecule has 1 saturated heterocycles. The van der Waals surface area contributed by atoms with Crippen LogP contribution in [-0.4, -0.2) is 35.3 Å². The first-order valence-electron chi connectivity index (χ1n) is 6.62. The lowest BCUT2D eigenvalue weighted by molar-refractivity contribution is -0.151. The first-order chi connectivity index (χ1) is 9.03. The topological polar surface area (TPSA) is 40.5 Å². The number of piperidine rings is 1. The second-order valence-corrected chi connectivity index (χ2v) is 6.41. The number of carbonyl (C=O) groups is 1. The van der Waals surface area contributed by atoms with Crippen molar-refractivity contribution < 1.29 is 9.90 Å². The minimum atomic E-state index is -0.671. The molecule has 1 fully saturated rings. The molecular weight excluding hydrogens is 258 g/mol. The maximum absolute atomic E-state index is 11.3. The first-order valence-corrected chi connectivity index (χ1v) is 7.85. The van der Waals surface area contributed by atoms with Crippen molar-refractivity contribution in [2.75, 3.05) is 19.3 Å². The van der Waals surface area contributed by atoms with Gasteiger partial charge in [-0.25, -0.2) is 0 Å². The molecule has 1 unspecified atom stereocenters. The normalized spacial score (nSPS) is 24.3. The van der Waals surface area contributed by atoms with Crippen molar-refractivity contribution in [3.8, 4) is 0 Å². The molecule has 4 heteroatoms. The molecule has 0 bridgehead atoms. The molecule has 104 valence electrons. The van der Waals surface area contributed by atoms with Gasteiger partial charge >= 0.3 is 5.97 Å². The third kappa shape index (κ3) is 3.51. The number of likely N-dealkylation sites (tertiary alicyclic amines) is 1. The summed E-state index contributed by atoms with van der Waals surface area (Å²) in [5.74, 6) is -0.671. The molecule has 0 radical (unpaired) electrons. The zero-order valence-electron chi connectivity index (χ0n) is 11.6. The number of carboxylic acid groups (broad SMARTS) is 1. The predicted octanol–water partition coefficient (Wildman–Crippen LogP) is 3.10. The summed E-state index contributed by atoms with van der Waals surface area (Å²) in [6.07, 6.45) is 3.81. The summed E-state index contributed by atoms with van der Waals surface area (Å²) in [4.78, 5) is 14.8. The van der Waals surface area contributed by atoms with Crippen molar-refractivity contribution in [3.63, 3.8) is 0 Å². The Balaban J connectivity index is 2.00. The molecule has 3 nitrogen and oxygen atoms in total. The highest BCUT2D eigenvalue weighted by Gasteiger charge is 2.37. The maximum Gasteiger partial charge on any atom is 0.310 e. The second kappa shape index (κ2) is 5.97. The van der Waals surface area contributed by atoms with Crippen LogP contribution in [-0.2, 0) is 11.3 Å². The van der Waals surface area contributed by atoms with Gasteiger partial charge in [0, 0.05) is 18.0 Å². The van der Waals surface area contributed by atoms with E-state index < -0.39 is 11.4 Å². The van der Waals surface area contributed by atoms with E-state index in [1.165, 1.54) is 10.5 Å². The Bertz CT molecular complexity index is 446. The van der Waals surface area contributed by atoms with E-state index >= 15 is 0 Å². The van der Waals surface area contributed by atoms with Crippen LogP contribution >= 0.6 is 11.8 Å². The van der Waals surface area contributed by atoms with Crippen molar-refractivity contribution in [1.29, 1.82) is 0 Å². The predicted molar refractivity (Wildman–Crippen MR) is 78.5 cm³/mol. The van der Waals surface area contributed by atoms with E-state index in [0.29, 0.717) is 6.54 Å². The molecule has 0 saturated carbocycles. The molecule has 0 aliphatic carbocycles. The minimum absolute atomic E-state index is 0.586. The highest BCUT2D eigenvalue weighted by atomic mass is 32.2. The number of hydrogen-bond acceptors (Lipinski definition) is 3. The minimum Gasteiger partial charge on any atom is -0.481 e. The molecule has 1 aliphatic rings. The van der Waals surface area contributed by atoms with Gasteiger partial charge in [-0.05, 0) is 50.3 Å². The van der Waals surface area contributed by atoms with Crippen LogP contribution in [0.3, 0.4) is 0 Å². The average Bonchev–Trinajstić information content (AvgIpc) is 2.39. The van der Waals surface area contributed by atoms with E-state index in [1.54, 1.807) is 11.8 Å². The molecular formula is C15H21NO2S. The summed E-state index contributed by atoms with van der Waals surface area (Å²) in [6.45, 7) is 4.34. The highest BCUT2D eigenvalue weighted by Crippen LogP contribution is 2.30. The Morgan fingerprint density at radius 2 is 2.11 bits per heavy atom. The van der Waals surface area contributed by atoms with Crippen molar-refractivity contribution >= 4 is 17.7 Å². The summed E-state index contributed by atoms with van der Waals surface area (Å²) in [5, 5.41) is 9.32. The monoisotopic (exact) mass is 279 g/mol. The number of hydrogen-bond donors (Lipinski definition) is 1. The van der Waals surface area contributed by atoms with Gasteiger partial charge in [-0.3, -0.25) is 9.69 Å². The van der Waals surface area contributed by atoms with Crippen molar-refractivity contribution in [3.05, 3.63) is 29.8 Å². The average molecular weight is 279 g/mol. The third-order valence-electron chi connectivity index (χ3n) is 3.86. The number of carboxylic acids is 1. The van der Waals surface area contributed by atoms with E-state index in [1.807, 2.05) is 6.92 Å². The van der Waals surface area contributed by atoms with Gasteiger partial charge in [-0.2, -0.15) is 0 Å². The van der Waals surface area contributed by atoms with Crippen LogP contribution in [0.5, 0.6) is 0 Å². The van der Waals surface area contributed by atoms with Gasteiger partial charge in [0.1, 0.15) is 0 Å². The van der Waals surface area contributed by atoms with Crippen molar-refractivity contribution in [1.82, 2.24) is 4.90 Å². The smallest absolute Gasteiger partial charge is 0.310 e. The van der Waals surface area contributed by atoms with E-state index in [4.69, 9.17) is 0 Å². The number of benzene rings is 1. The molecule has 1 aliphatic heterocycles. The maximum atomic E-state index is 11.3. The quantitative estimate of drug-likeness (QED) is 0.860. The molecule has 0 spiro atoms. The van der Waals surface area contributed by atoms with E-state index in [0.717, 1.165) is 25.9 Å². The van der Waals surface area contributed by atoms with Crippen LogP contribution in [0.4, 0.5) is 0 Å². The zero-order valence-corrected chi connectivity index (χ0v) is 12.4. The van der Waals surface area contributed by atoms with Crippen LogP contribution in [0.25, 0.3) is 0 Å². The summed E-state index contributed by atoms with van der Waals surface area (Å²) < 4.78 is 0. The standard InChI is InChI=1S/C15H21NO2S/c1-15(14(17)18)8-3-9-16(11-15)10-12-4-6-13(19-2)7-5-12/h4-7H,3,8-11H2,1-2H3,(H,17,18). The Hall–Kier alpha value is -1.00. The molecule has 1 aromatic rings. The Labute approximate surface area is 119 Å². The molecule has 1 aromatic carbocycles. The summed E-state index contributed by atoms with van der Waals surface area (Å²) in [6, 6.07) is 8.53. The molecule has 0 amide bonds. The van der Waals surface area contributed by atoms with Crippen LogP contribution in [0.1, 0.15) is 25.3 Å². The SMILES string of the molecule is CSc1ccc(CN2CCCC(C)(C(=O)O)C2)cc1. The van der Waals surface area contributed by atoms with Gasteiger partial charge in [0.2, 0.25) is 0 Å². The van der Waals surface area contributed by atoms with Gasteiger partial charge in [-0.15, -0.1) is 11.8 Å². The summed E-state index contributed by atoms with van der Waals surface area (Å²) >= 11 is 1.74. The largest absolute Gasteiger partial charge is 0.481 e. The lowest BCUT2D eigenvalue weighted by atomic mass is 9.82. The molecule has 19 heavy (non-hydrogen) atoms. The van der Waals surface area contributed by atoms with Gasteiger partial charge in [0.15, 0.2) is 0 Å². The number of aliphatic carboxylic acids is 1. The lowest BCUT2D eigenvalue weighted by Gasteiger charge is -2.37. The van der Waals surface area contributed by atoms with Gasteiger partial charge in [0.05, 0.1) is 5.41 Å². The van der Waals surface area contributed by atoms with Crippen LogP contribution < -0.4 is 0 Å². The third-order valence-corrected chi connectivity index (χ3v) is 4.60. The number of thioether (sulfide) groups is 1. The Morgan fingerprint density at radius 1 is 1.42 bits per heavy atom. The van der Waals surface area contributed by atoms with E-state index in [9.17, 15) is 9.90 Å². The zero-order chi connectivity index (χ0) is 13.9. The van der Waals surface area contributed by atoms with E-state index in [2.05, 4.69) is 35.4 Å². The fraction of sp³-hybridized carbons (Fsp3) is 0.533. The summed E-state index contributed by atoms with van der Waals surface area (Å²) in [7, 11) is 0. The molecule has 1 atom stereocenters. The first kappa shape index (κ1) is 14.4. The van der Waals surface area contributed by atoms with Gasteiger partial charge in [0.25, 0.3) is 0 Å².